The number of hydrogen-bond acceptors (Lipinski definition) is 4. The van der Waals surface area contributed by atoms with E-state index in [2.05, 4.69) is 20.9 Å². The van der Waals surface area contributed by atoms with Crippen LogP contribution in [0.4, 0.5) is 5.82 Å². The lowest BCUT2D eigenvalue weighted by atomic mass is 10.2. The van der Waals surface area contributed by atoms with Crippen LogP contribution in [0.2, 0.25) is 0 Å². The second-order valence-electron chi connectivity index (χ2n) is 4.78. The third-order valence-electron chi connectivity index (χ3n) is 3.32. The number of aromatic nitrogens is 2. The van der Waals surface area contributed by atoms with Crippen LogP contribution < -0.4 is 4.90 Å². The standard InChI is InChI=1S/C12H17N3O/c1-8-5-12(14-9(2)13-8)15-6-10-3-4-11(7-15)16-10/h5,10-11H,3-4,6-7H2,1-2H3. The molecule has 86 valence electrons. The maximum Gasteiger partial charge on any atom is 0.132 e. The number of fused-ring (bicyclic) bond motifs is 2. The lowest BCUT2D eigenvalue weighted by Crippen LogP contribution is -2.43. The molecule has 2 bridgehead atoms. The average Bonchev–Trinajstić information content (AvgIpc) is 2.56. The Morgan fingerprint density at radius 1 is 1.19 bits per heavy atom. The molecule has 2 aliphatic rings. The molecule has 2 aliphatic heterocycles. The Labute approximate surface area is 95.7 Å². The molecular formula is C12H17N3O. The molecule has 3 heterocycles. The highest BCUT2D eigenvalue weighted by molar-refractivity contribution is 5.41. The molecule has 4 nitrogen and oxygen atoms in total. The Kier molecular flexibility index (Phi) is 2.32. The average molecular weight is 219 g/mol. The highest BCUT2D eigenvalue weighted by Crippen LogP contribution is 2.28. The van der Waals surface area contributed by atoms with Crippen molar-refractivity contribution in [1.29, 1.82) is 0 Å². The van der Waals surface area contributed by atoms with Crippen LogP contribution in [0.25, 0.3) is 0 Å². The molecule has 0 N–H and O–H groups in total. The van der Waals surface area contributed by atoms with Gasteiger partial charge in [-0.1, -0.05) is 0 Å². The van der Waals surface area contributed by atoms with E-state index in [0.717, 1.165) is 30.4 Å². The molecule has 2 unspecified atom stereocenters. The first-order valence-corrected chi connectivity index (χ1v) is 5.93. The predicted octanol–water partition coefficient (Wildman–Crippen LogP) is 1.46. The van der Waals surface area contributed by atoms with Gasteiger partial charge in [-0.25, -0.2) is 9.97 Å². The molecule has 0 aromatic carbocycles. The van der Waals surface area contributed by atoms with Crippen LogP contribution in [-0.4, -0.2) is 35.3 Å². The molecule has 2 atom stereocenters. The molecule has 0 amide bonds. The van der Waals surface area contributed by atoms with Crippen LogP contribution in [-0.2, 0) is 4.74 Å². The Morgan fingerprint density at radius 3 is 2.50 bits per heavy atom. The fraction of sp³-hybridized carbons (Fsp3) is 0.667. The second-order valence-corrected chi connectivity index (χ2v) is 4.78. The fourth-order valence-electron chi connectivity index (χ4n) is 2.66. The van der Waals surface area contributed by atoms with Gasteiger partial charge in [0.15, 0.2) is 0 Å². The smallest absolute Gasteiger partial charge is 0.132 e. The third-order valence-corrected chi connectivity index (χ3v) is 3.32. The zero-order valence-corrected chi connectivity index (χ0v) is 9.81. The first-order chi connectivity index (χ1) is 7.70. The van der Waals surface area contributed by atoms with Gasteiger partial charge in [0.1, 0.15) is 11.6 Å². The minimum atomic E-state index is 0.411. The monoisotopic (exact) mass is 219 g/mol. The Morgan fingerprint density at radius 2 is 1.88 bits per heavy atom. The molecule has 2 fully saturated rings. The van der Waals surface area contributed by atoms with Crippen molar-refractivity contribution >= 4 is 5.82 Å². The van der Waals surface area contributed by atoms with E-state index >= 15 is 0 Å². The molecule has 16 heavy (non-hydrogen) atoms. The summed E-state index contributed by atoms with van der Waals surface area (Å²) >= 11 is 0. The van der Waals surface area contributed by atoms with E-state index in [4.69, 9.17) is 4.74 Å². The molecule has 0 radical (unpaired) electrons. The molecule has 1 aromatic rings. The van der Waals surface area contributed by atoms with E-state index in [0.29, 0.717) is 12.2 Å². The maximum absolute atomic E-state index is 5.82. The summed E-state index contributed by atoms with van der Waals surface area (Å²) in [6, 6.07) is 2.07. The zero-order chi connectivity index (χ0) is 11.1. The number of nitrogens with zero attached hydrogens (tertiary/aromatic N) is 3. The largest absolute Gasteiger partial charge is 0.371 e. The number of morpholine rings is 1. The van der Waals surface area contributed by atoms with Gasteiger partial charge in [0, 0.05) is 24.8 Å². The fourth-order valence-corrected chi connectivity index (χ4v) is 2.66. The van der Waals surface area contributed by atoms with Gasteiger partial charge in [0.2, 0.25) is 0 Å². The summed E-state index contributed by atoms with van der Waals surface area (Å²) in [6.07, 6.45) is 3.22. The first kappa shape index (κ1) is 10.0. The van der Waals surface area contributed by atoms with Crippen molar-refractivity contribution in [2.45, 2.75) is 38.9 Å². The van der Waals surface area contributed by atoms with Crippen LogP contribution in [0.3, 0.4) is 0 Å². The second kappa shape index (κ2) is 3.70. The van der Waals surface area contributed by atoms with E-state index in [-0.39, 0.29) is 0 Å². The lowest BCUT2D eigenvalue weighted by Gasteiger charge is -2.33. The normalized spacial score (nSPS) is 28.5. The number of rotatable bonds is 1. The third kappa shape index (κ3) is 1.78. The molecule has 2 saturated heterocycles. The maximum atomic E-state index is 5.82. The van der Waals surface area contributed by atoms with Crippen LogP contribution in [0, 0.1) is 13.8 Å². The number of aryl methyl sites for hydroxylation is 2. The van der Waals surface area contributed by atoms with Gasteiger partial charge >= 0.3 is 0 Å². The number of ether oxygens (including phenoxy) is 1. The van der Waals surface area contributed by atoms with E-state index < -0.39 is 0 Å². The van der Waals surface area contributed by atoms with Gasteiger partial charge in [-0.15, -0.1) is 0 Å². The minimum Gasteiger partial charge on any atom is -0.371 e. The highest BCUT2D eigenvalue weighted by atomic mass is 16.5. The topological polar surface area (TPSA) is 38.2 Å². The van der Waals surface area contributed by atoms with E-state index in [1.807, 2.05) is 13.8 Å². The van der Waals surface area contributed by atoms with Gasteiger partial charge in [-0.2, -0.15) is 0 Å². The van der Waals surface area contributed by atoms with Crippen molar-refractivity contribution in [3.05, 3.63) is 17.6 Å². The quantitative estimate of drug-likeness (QED) is 0.716. The SMILES string of the molecule is Cc1cc(N2CC3CCC(C2)O3)nc(C)n1. The van der Waals surface area contributed by atoms with Gasteiger partial charge < -0.3 is 9.64 Å². The molecule has 1 aromatic heterocycles. The number of anilines is 1. The molecule has 4 heteroatoms. The molecular weight excluding hydrogens is 202 g/mol. The van der Waals surface area contributed by atoms with Crippen LogP contribution in [0.15, 0.2) is 6.07 Å². The van der Waals surface area contributed by atoms with Gasteiger partial charge in [0.25, 0.3) is 0 Å². The van der Waals surface area contributed by atoms with Crippen molar-refractivity contribution in [3.63, 3.8) is 0 Å². The Bertz CT molecular complexity index is 375. The van der Waals surface area contributed by atoms with Gasteiger partial charge in [-0.05, 0) is 26.7 Å². The Balaban J connectivity index is 1.86. The van der Waals surface area contributed by atoms with Crippen LogP contribution >= 0.6 is 0 Å². The summed E-state index contributed by atoms with van der Waals surface area (Å²) in [7, 11) is 0. The lowest BCUT2D eigenvalue weighted by molar-refractivity contribution is 0.0302. The van der Waals surface area contributed by atoms with Crippen molar-refractivity contribution < 1.29 is 4.74 Å². The van der Waals surface area contributed by atoms with Crippen LogP contribution in [0.1, 0.15) is 24.4 Å². The molecule has 0 saturated carbocycles. The Hall–Kier alpha value is -1.16. The van der Waals surface area contributed by atoms with Crippen molar-refractivity contribution in [2.75, 3.05) is 18.0 Å². The van der Waals surface area contributed by atoms with Crippen LogP contribution in [0.5, 0.6) is 0 Å². The minimum absolute atomic E-state index is 0.411. The highest BCUT2D eigenvalue weighted by Gasteiger charge is 2.34. The van der Waals surface area contributed by atoms with E-state index in [1.54, 1.807) is 0 Å². The first-order valence-electron chi connectivity index (χ1n) is 5.93. The summed E-state index contributed by atoms with van der Waals surface area (Å²) in [6.45, 7) is 5.93. The summed E-state index contributed by atoms with van der Waals surface area (Å²) in [5, 5.41) is 0. The van der Waals surface area contributed by atoms with Gasteiger partial charge in [0.05, 0.1) is 12.2 Å². The zero-order valence-electron chi connectivity index (χ0n) is 9.81. The van der Waals surface area contributed by atoms with Crippen molar-refractivity contribution in [3.8, 4) is 0 Å². The summed E-state index contributed by atoms with van der Waals surface area (Å²) in [4.78, 5) is 11.2. The predicted molar refractivity (Wildman–Crippen MR) is 61.6 cm³/mol. The van der Waals surface area contributed by atoms with E-state index in [1.165, 1.54) is 12.8 Å². The summed E-state index contributed by atoms with van der Waals surface area (Å²) in [5.74, 6) is 1.92. The van der Waals surface area contributed by atoms with E-state index in [9.17, 15) is 0 Å². The van der Waals surface area contributed by atoms with Crippen molar-refractivity contribution in [1.82, 2.24) is 9.97 Å². The molecule has 0 aliphatic carbocycles. The van der Waals surface area contributed by atoms with Gasteiger partial charge in [-0.3, -0.25) is 0 Å². The summed E-state index contributed by atoms with van der Waals surface area (Å²) < 4.78 is 5.82. The summed E-state index contributed by atoms with van der Waals surface area (Å²) in [5.41, 5.74) is 1.04. The number of hydrogen-bond donors (Lipinski definition) is 0. The molecule has 0 spiro atoms. The van der Waals surface area contributed by atoms with Crippen molar-refractivity contribution in [2.24, 2.45) is 0 Å². The molecule has 3 rings (SSSR count).